The van der Waals surface area contributed by atoms with Crippen LogP contribution < -0.4 is 14.8 Å². The molecule has 0 spiro atoms. The number of ether oxygens (including phenoxy) is 2. The maximum Gasteiger partial charge on any atom is 0.236 e. The van der Waals surface area contributed by atoms with Gasteiger partial charge >= 0.3 is 0 Å². The molecule has 2 aromatic carbocycles. The first kappa shape index (κ1) is 21.2. The Kier molecular flexibility index (Phi) is 5.57. The van der Waals surface area contributed by atoms with Crippen molar-refractivity contribution in [2.24, 2.45) is 0 Å². The molecule has 2 aliphatic rings. The van der Waals surface area contributed by atoms with E-state index in [9.17, 15) is 4.79 Å². The first-order chi connectivity index (χ1) is 15.5. The number of hydrogen-bond acceptors (Lipinski definition) is 6. The van der Waals surface area contributed by atoms with Gasteiger partial charge in [-0.05, 0) is 62.7 Å². The average Bonchev–Trinajstić information content (AvgIpc) is 3.24. The molecule has 8 heteroatoms. The Balaban J connectivity index is 1.32. The predicted octanol–water partition coefficient (Wildman–Crippen LogP) is 5.04. The van der Waals surface area contributed by atoms with Crippen LogP contribution in [0.3, 0.4) is 0 Å². The molecule has 1 amide bonds. The Hall–Kier alpha value is -2.61. The van der Waals surface area contributed by atoms with Gasteiger partial charge in [0.15, 0.2) is 16.6 Å². The minimum atomic E-state index is -0.522. The molecule has 1 aromatic heterocycles. The van der Waals surface area contributed by atoms with Crippen LogP contribution in [0.1, 0.15) is 34.9 Å². The largest absolute Gasteiger partial charge is 0.454 e. The molecule has 0 bridgehead atoms. The second-order valence-corrected chi connectivity index (χ2v) is 9.92. The smallest absolute Gasteiger partial charge is 0.236 e. The van der Waals surface area contributed by atoms with Crippen molar-refractivity contribution in [1.82, 2.24) is 9.88 Å². The Morgan fingerprint density at radius 3 is 2.75 bits per heavy atom. The highest BCUT2D eigenvalue weighted by Crippen LogP contribution is 2.51. The zero-order chi connectivity index (χ0) is 22.3. The topological polar surface area (TPSA) is 63.7 Å². The number of carbonyl (C=O) groups is 1. The molecular weight excluding hydrogens is 446 g/mol. The van der Waals surface area contributed by atoms with Crippen molar-refractivity contribution in [3.63, 3.8) is 0 Å². The number of nitrogens with zero attached hydrogens (tertiary/aromatic N) is 2. The number of likely N-dealkylation sites (N-methyl/N-ethyl adjacent to an activating group) is 1. The minimum Gasteiger partial charge on any atom is -0.454 e. The zero-order valence-electron chi connectivity index (χ0n) is 17.9. The zero-order valence-corrected chi connectivity index (χ0v) is 19.5. The number of amides is 1. The van der Waals surface area contributed by atoms with Crippen LogP contribution in [0.15, 0.2) is 48.7 Å². The summed E-state index contributed by atoms with van der Waals surface area (Å²) in [4.78, 5) is 20.9. The van der Waals surface area contributed by atoms with Gasteiger partial charge in [0.25, 0.3) is 0 Å². The van der Waals surface area contributed by atoms with E-state index < -0.39 is 5.41 Å². The van der Waals surface area contributed by atoms with Gasteiger partial charge in [0.05, 0.1) is 5.41 Å². The summed E-state index contributed by atoms with van der Waals surface area (Å²) in [7, 11) is 4.08. The number of benzene rings is 2. The monoisotopic (exact) mass is 469 g/mol. The number of rotatable bonds is 7. The van der Waals surface area contributed by atoms with Crippen LogP contribution >= 0.6 is 22.9 Å². The van der Waals surface area contributed by atoms with Crippen LogP contribution in [-0.4, -0.2) is 36.7 Å². The Bertz CT molecular complexity index is 1160. The summed E-state index contributed by atoms with van der Waals surface area (Å²) in [5.74, 6) is 1.40. The van der Waals surface area contributed by atoms with Crippen molar-refractivity contribution < 1.29 is 14.3 Å². The van der Waals surface area contributed by atoms with E-state index in [0.717, 1.165) is 46.0 Å². The van der Waals surface area contributed by atoms with E-state index in [-0.39, 0.29) is 18.7 Å². The highest BCUT2D eigenvalue weighted by molar-refractivity contribution is 7.15. The number of nitrogens with one attached hydrogen (secondary N) is 1. The molecule has 0 radical (unpaired) electrons. The minimum absolute atomic E-state index is 0.0234. The average molecular weight is 470 g/mol. The van der Waals surface area contributed by atoms with Gasteiger partial charge in [-0.3, -0.25) is 4.79 Å². The lowest BCUT2D eigenvalue weighted by atomic mass is 9.94. The molecule has 5 rings (SSSR count). The standard InChI is InChI=1S/C24H24ClN3O3S/c1-28(2)18(11-15-5-3-4-6-17(15)25)21-13-26-23(32-21)27-22(29)24(9-10-24)16-7-8-19-20(12-16)31-14-30-19/h3-8,12-13,18H,9-11,14H2,1-2H3,(H,26,27,29). The summed E-state index contributed by atoms with van der Waals surface area (Å²) < 4.78 is 10.9. The second kappa shape index (κ2) is 8.39. The molecule has 1 aliphatic carbocycles. The van der Waals surface area contributed by atoms with Crippen molar-refractivity contribution in [2.75, 3.05) is 26.2 Å². The summed E-state index contributed by atoms with van der Waals surface area (Å²) in [6.07, 6.45) is 4.23. The Labute approximate surface area is 196 Å². The van der Waals surface area contributed by atoms with E-state index in [1.54, 1.807) is 0 Å². The van der Waals surface area contributed by atoms with E-state index in [1.807, 2.05) is 62.8 Å². The molecule has 3 aromatic rings. The van der Waals surface area contributed by atoms with Crippen molar-refractivity contribution in [1.29, 1.82) is 0 Å². The van der Waals surface area contributed by atoms with E-state index in [0.29, 0.717) is 10.9 Å². The number of anilines is 1. The van der Waals surface area contributed by atoms with E-state index in [4.69, 9.17) is 21.1 Å². The highest BCUT2D eigenvalue weighted by Gasteiger charge is 2.52. The number of carbonyl (C=O) groups excluding carboxylic acids is 1. The highest BCUT2D eigenvalue weighted by atomic mass is 35.5. The number of aromatic nitrogens is 1. The summed E-state index contributed by atoms with van der Waals surface area (Å²) >= 11 is 7.89. The molecule has 1 fully saturated rings. The summed E-state index contributed by atoms with van der Waals surface area (Å²) in [5, 5.41) is 4.43. The van der Waals surface area contributed by atoms with Gasteiger partial charge in [-0.1, -0.05) is 35.9 Å². The number of thiazole rings is 1. The molecule has 1 atom stereocenters. The van der Waals surface area contributed by atoms with Crippen LogP contribution in [0.25, 0.3) is 0 Å². The first-order valence-electron chi connectivity index (χ1n) is 10.5. The van der Waals surface area contributed by atoms with Gasteiger partial charge in [0, 0.05) is 22.1 Å². The maximum atomic E-state index is 13.2. The number of fused-ring (bicyclic) bond motifs is 1. The van der Waals surface area contributed by atoms with Crippen LogP contribution in [-0.2, 0) is 16.6 Å². The fraction of sp³-hybridized carbons (Fsp3) is 0.333. The molecule has 32 heavy (non-hydrogen) atoms. The van der Waals surface area contributed by atoms with Gasteiger partial charge in [0.2, 0.25) is 12.7 Å². The van der Waals surface area contributed by atoms with Crippen LogP contribution in [0.4, 0.5) is 5.13 Å². The lowest BCUT2D eigenvalue weighted by Crippen LogP contribution is -2.27. The third kappa shape index (κ3) is 3.96. The molecule has 1 saturated carbocycles. The van der Waals surface area contributed by atoms with E-state index in [1.165, 1.54) is 11.3 Å². The second-order valence-electron chi connectivity index (χ2n) is 8.45. The summed E-state index contributed by atoms with van der Waals surface area (Å²) in [6, 6.07) is 13.8. The van der Waals surface area contributed by atoms with Gasteiger partial charge < -0.3 is 19.7 Å². The van der Waals surface area contributed by atoms with E-state index in [2.05, 4.69) is 15.2 Å². The molecule has 6 nitrogen and oxygen atoms in total. The van der Waals surface area contributed by atoms with Gasteiger partial charge in [-0.25, -0.2) is 4.98 Å². The lowest BCUT2D eigenvalue weighted by Gasteiger charge is -2.23. The van der Waals surface area contributed by atoms with Crippen molar-refractivity contribution in [3.05, 3.63) is 69.7 Å². The third-order valence-electron chi connectivity index (χ3n) is 6.18. The fourth-order valence-electron chi connectivity index (χ4n) is 4.09. The Morgan fingerprint density at radius 2 is 2.00 bits per heavy atom. The molecule has 2 heterocycles. The van der Waals surface area contributed by atoms with Gasteiger partial charge in [-0.2, -0.15) is 0 Å². The SMILES string of the molecule is CN(C)C(Cc1ccccc1Cl)c1cnc(NC(=O)C2(c3ccc4c(c3)OCO4)CC2)s1. The number of hydrogen-bond donors (Lipinski definition) is 1. The molecular formula is C24H24ClN3O3S. The van der Waals surface area contributed by atoms with Crippen molar-refractivity contribution in [2.45, 2.75) is 30.7 Å². The van der Waals surface area contributed by atoms with Crippen LogP contribution in [0.5, 0.6) is 11.5 Å². The van der Waals surface area contributed by atoms with Crippen LogP contribution in [0, 0.1) is 0 Å². The first-order valence-corrected chi connectivity index (χ1v) is 11.7. The molecule has 166 valence electrons. The lowest BCUT2D eigenvalue weighted by molar-refractivity contribution is -0.118. The van der Waals surface area contributed by atoms with E-state index >= 15 is 0 Å². The maximum absolute atomic E-state index is 13.2. The normalized spacial score (nSPS) is 16.8. The van der Waals surface area contributed by atoms with Crippen LogP contribution in [0.2, 0.25) is 5.02 Å². The summed E-state index contributed by atoms with van der Waals surface area (Å²) in [5.41, 5.74) is 1.53. The third-order valence-corrected chi connectivity index (χ3v) is 7.56. The number of halogens is 1. The Morgan fingerprint density at radius 1 is 1.22 bits per heavy atom. The molecule has 0 saturated heterocycles. The van der Waals surface area contributed by atoms with Crippen molar-refractivity contribution in [3.8, 4) is 11.5 Å². The quantitative estimate of drug-likeness (QED) is 0.525. The summed E-state index contributed by atoms with van der Waals surface area (Å²) in [6.45, 7) is 0.223. The predicted molar refractivity (Wildman–Crippen MR) is 126 cm³/mol. The fourth-order valence-corrected chi connectivity index (χ4v) is 5.31. The molecule has 1 aliphatic heterocycles. The van der Waals surface area contributed by atoms with Gasteiger partial charge in [-0.15, -0.1) is 11.3 Å². The molecule has 1 N–H and O–H groups in total. The molecule has 1 unspecified atom stereocenters. The van der Waals surface area contributed by atoms with Gasteiger partial charge in [0.1, 0.15) is 0 Å². The van der Waals surface area contributed by atoms with Crippen molar-refractivity contribution >= 4 is 34.0 Å².